The van der Waals surface area contributed by atoms with E-state index in [1.54, 1.807) is 12.1 Å². The van der Waals surface area contributed by atoms with Crippen LogP contribution in [0.25, 0.3) is 0 Å². The van der Waals surface area contributed by atoms with E-state index >= 15 is 0 Å². The molecule has 0 atom stereocenters. The molecular formula is C12H17N3OS. The Morgan fingerprint density at radius 2 is 2.12 bits per heavy atom. The summed E-state index contributed by atoms with van der Waals surface area (Å²) in [4.78, 5) is 13.6. The number of hydrogen-bond donors (Lipinski definition) is 2. The van der Waals surface area contributed by atoms with E-state index in [1.165, 1.54) is 0 Å². The van der Waals surface area contributed by atoms with Crippen molar-refractivity contribution >= 4 is 29.0 Å². The summed E-state index contributed by atoms with van der Waals surface area (Å²) in [6.07, 6.45) is 1.11. The molecule has 1 saturated heterocycles. The highest BCUT2D eigenvalue weighted by Gasteiger charge is 2.18. The van der Waals surface area contributed by atoms with Crippen LogP contribution in [-0.4, -0.2) is 30.5 Å². The van der Waals surface area contributed by atoms with Crippen LogP contribution in [-0.2, 0) is 0 Å². The number of primary amides is 1. The van der Waals surface area contributed by atoms with E-state index in [1.807, 2.05) is 17.8 Å². The van der Waals surface area contributed by atoms with Gasteiger partial charge in [-0.1, -0.05) is 6.07 Å². The molecule has 0 saturated carbocycles. The van der Waals surface area contributed by atoms with E-state index < -0.39 is 5.91 Å². The lowest BCUT2D eigenvalue weighted by Gasteiger charge is -2.25. The molecule has 17 heavy (non-hydrogen) atoms. The summed E-state index contributed by atoms with van der Waals surface area (Å²) in [6.45, 7) is 1.85. The Morgan fingerprint density at radius 1 is 1.29 bits per heavy atom. The molecule has 1 aliphatic heterocycles. The number of benzene rings is 1. The van der Waals surface area contributed by atoms with Crippen molar-refractivity contribution in [1.29, 1.82) is 0 Å². The van der Waals surface area contributed by atoms with Gasteiger partial charge in [0.2, 0.25) is 0 Å². The molecule has 1 amide bonds. The summed E-state index contributed by atoms with van der Waals surface area (Å²) in [5.74, 6) is 1.81. The van der Waals surface area contributed by atoms with Gasteiger partial charge in [0.05, 0.1) is 16.9 Å². The van der Waals surface area contributed by atoms with E-state index in [0.717, 1.165) is 36.7 Å². The summed E-state index contributed by atoms with van der Waals surface area (Å²) in [6, 6.07) is 5.33. The third kappa shape index (κ3) is 2.66. The molecule has 4 nitrogen and oxygen atoms in total. The third-order valence-corrected chi connectivity index (χ3v) is 3.92. The summed E-state index contributed by atoms with van der Waals surface area (Å²) in [5, 5.41) is 0. The molecule has 1 fully saturated rings. The molecule has 1 aliphatic rings. The Morgan fingerprint density at radius 3 is 2.88 bits per heavy atom. The van der Waals surface area contributed by atoms with Crippen LogP contribution < -0.4 is 16.4 Å². The van der Waals surface area contributed by atoms with Gasteiger partial charge in [-0.2, -0.15) is 11.8 Å². The lowest BCUT2D eigenvalue weighted by Crippen LogP contribution is -2.29. The van der Waals surface area contributed by atoms with Crippen LogP contribution in [0.3, 0.4) is 0 Å². The number of para-hydroxylation sites is 1. The maximum absolute atomic E-state index is 11.4. The molecule has 5 heteroatoms. The Bertz CT molecular complexity index is 414. The van der Waals surface area contributed by atoms with Crippen molar-refractivity contribution in [3.8, 4) is 0 Å². The van der Waals surface area contributed by atoms with Crippen LogP contribution in [0.2, 0.25) is 0 Å². The molecule has 0 aromatic heterocycles. The van der Waals surface area contributed by atoms with Crippen molar-refractivity contribution in [3.63, 3.8) is 0 Å². The summed E-state index contributed by atoms with van der Waals surface area (Å²) < 4.78 is 0. The number of amides is 1. The van der Waals surface area contributed by atoms with Gasteiger partial charge < -0.3 is 16.4 Å². The zero-order valence-corrected chi connectivity index (χ0v) is 10.5. The summed E-state index contributed by atoms with van der Waals surface area (Å²) in [7, 11) is 0. The van der Waals surface area contributed by atoms with Crippen LogP contribution in [0.1, 0.15) is 16.8 Å². The van der Waals surface area contributed by atoms with Crippen molar-refractivity contribution < 1.29 is 4.79 Å². The Kier molecular flexibility index (Phi) is 3.78. The zero-order valence-electron chi connectivity index (χ0n) is 9.69. The van der Waals surface area contributed by atoms with Crippen molar-refractivity contribution in [2.45, 2.75) is 6.42 Å². The minimum absolute atomic E-state index is 0.413. The first kappa shape index (κ1) is 12.1. The van der Waals surface area contributed by atoms with Gasteiger partial charge in [0.15, 0.2) is 0 Å². The first-order valence-corrected chi connectivity index (χ1v) is 6.86. The van der Waals surface area contributed by atoms with Gasteiger partial charge in [0.25, 0.3) is 5.91 Å². The van der Waals surface area contributed by atoms with Crippen molar-refractivity contribution in [3.05, 3.63) is 23.8 Å². The minimum atomic E-state index is -0.413. The van der Waals surface area contributed by atoms with Crippen LogP contribution >= 0.6 is 11.8 Å². The Labute approximate surface area is 105 Å². The molecule has 92 valence electrons. The molecular weight excluding hydrogens is 234 g/mol. The molecule has 0 bridgehead atoms. The van der Waals surface area contributed by atoms with Crippen LogP contribution in [0.5, 0.6) is 0 Å². The fourth-order valence-corrected chi connectivity index (χ4v) is 2.97. The van der Waals surface area contributed by atoms with E-state index in [-0.39, 0.29) is 0 Å². The van der Waals surface area contributed by atoms with E-state index in [2.05, 4.69) is 4.90 Å². The highest BCUT2D eigenvalue weighted by Crippen LogP contribution is 2.29. The lowest BCUT2D eigenvalue weighted by atomic mass is 10.1. The monoisotopic (exact) mass is 251 g/mol. The number of thioether (sulfide) groups is 1. The predicted molar refractivity (Wildman–Crippen MR) is 73.5 cm³/mol. The van der Waals surface area contributed by atoms with Crippen molar-refractivity contribution in [2.75, 3.05) is 35.2 Å². The molecule has 2 rings (SSSR count). The minimum Gasteiger partial charge on any atom is -0.397 e. The standard InChI is InChI=1S/C12H17N3OS/c13-10-4-1-3-9(12(14)16)11(10)15-5-2-7-17-8-6-15/h1,3-4H,2,5-8,13H2,(H2,14,16). The van der Waals surface area contributed by atoms with Crippen LogP contribution in [0.4, 0.5) is 11.4 Å². The Hall–Kier alpha value is -1.36. The van der Waals surface area contributed by atoms with Crippen LogP contribution in [0.15, 0.2) is 18.2 Å². The second-order valence-corrected chi connectivity index (χ2v) is 5.29. The van der Waals surface area contributed by atoms with Crippen molar-refractivity contribution in [1.82, 2.24) is 0 Å². The number of nitrogens with two attached hydrogens (primary N) is 2. The third-order valence-electron chi connectivity index (χ3n) is 2.87. The smallest absolute Gasteiger partial charge is 0.250 e. The lowest BCUT2D eigenvalue weighted by molar-refractivity contribution is 0.100. The van der Waals surface area contributed by atoms with Gasteiger partial charge in [0.1, 0.15) is 0 Å². The number of nitrogen functional groups attached to an aromatic ring is 1. The molecule has 0 radical (unpaired) electrons. The number of carbonyl (C=O) groups excluding carboxylic acids is 1. The topological polar surface area (TPSA) is 72.3 Å². The molecule has 0 unspecified atom stereocenters. The molecule has 1 aromatic rings. The van der Waals surface area contributed by atoms with Gasteiger partial charge in [-0.05, 0) is 24.3 Å². The van der Waals surface area contributed by atoms with E-state index in [4.69, 9.17) is 11.5 Å². The zero-order chi connectivity index (χ0) is 12.3. The average molecular weight is 251 g/mol. The predicted octanol–water partition coefficient (Wildman–Crippen LogP) is 1.31. The van der Waals surface area contributed by atoms with Gasteiger partial charge in [0, 0.05) is 18.8 Å². The van der Waals surface area contributed by atoms with E-state index in [9.17, 15) is 4.79 Å². The number of rotatable bonds is 2. The molecule has 4 N–H and O–H groups in total. The number of anilines is 2. The fourth-order valence-electron chi connectivity index (χ4n) is 2.08. The molecule has 1 aromatic carbocycles. The van der Waals surface area contributed by atoms with Gasteiger partial charge in [-0.15, -0.1) is 0 Å². The summed E-state index contributed by atoms with van der Waals surface area (Å²) in [5.41, 5.74) is 13.4. The van der Waals surface area contributed by atoms with Gasteiger partial charge in [-0.3, -0.25) is 4.79 Å². The number of nitrogens with zero attached hydrogens (tertiary/aromatic N) is 1. The first-order chi connectivity index (χ1) is 8.20. The maximum Gasteiger partial charge on any atom is 0.250 e. The molecule has 0 aliphatic carbocycles. The molecule has 1 heterocycles. The first-order valence-electron chi connectivity index (χ1n) is 5.71. The maximum atomic E-state index is 11.4. The van der Waals surface area contributed by atoms with Crippen LogP contribution in [0, 0.1) is 0 Å². The highest BCUT2D eigenvalue weighted by molar-refractivity contribution is 7.99. The normalized spacial score (nSPS) is 16.6. The SMILES string of the molecule is NC(=O)c1cccc(N)c1N1CCCSCC1. The van der Waals surface area contributed by atoms with Crippen molar-refractivity contribution in [2.24, 2.45) is 5.73 Å². The average Bonchev–Trinajstić information content (AvgIpc) is 2.57. The van der Waals surface area contributed by atoms with Gasteiger partial charge in [-0.25, -0.2) is 0 Å². The highest BCUT2D eigenvalue weighted by atomic mass is 32.2. The fraction of sp³-hybridized carbons (Fsp3) is 0.417. The number of hydrogen-bond acceptors (Lipinski definition) is 4. The Balaban J connectivity index is 2.37. The quantitative estimate of drug-likeness (QED) is 0.777. The largest absolute Gasteiger partial charge is 0.397 e. The second kappa shape index (κ2) is 5.31. The van der Waals surface area contributed by atoms with Gasteiger partial charge >= 0.3 is 0 Å². The second-order valence-electron chi connectivity index (χ2n) is 4.06. The summed E-state index contributed by atoms with van der Waals surface area (Å²) >= 11 is 1.94. The van der Waals surface area contributed by atoms with E-state index in [0.29, 0.717) is 11.3 Å². The number of carbonyl (C=O) groups is 1. The molecule has 0 spiro atoms.